The van der Waals surface area contributed by atoms with E-state index in [-0.39, 0.29) is 5.78 Å². The Labute approximate surface area is 71.4 Å². The monoisotopic (exact) mass is 164 g/mol. The fourth-order valence-electron chi connectivity index (χ4n) is 1.85. The summed E-state index contributed by atoms with van der Waals surface area (Å²) >= 11 is 0. The molecule has 0 N–H and O–H groups in total. The van der Waals surface area contributed by atoms with Crippen molar-refractivity contribution >= 4 is 5.78 Å². The average molecular weight is 164 g/mol. The zero-order valence-electron chi connectivity index (χ0n) is 7.42. The summed E-state index contributed by atoms with van der Waals surface area (Å²) in [6.45, 7) is 4.84. The van der Waals surface area contributed by atoms with Gasteiger partial charge >= 0.3 is 0 Å². The van der Waals surface area contributed by atoms with E-state index in [1.807, 2.05) is 18.4 Å². The third-order valence-electron chi connectivity index (χ3n) is 2.40. The molecule has 0 fully saturated rings. The first-order valence-corrected chi connectivity index (χ1v) is 4.33. The van der Waals surface area contributed by atoms with E-state index in [0.29, 0.717) is 6.42 Å². The number of aromatic nitrogens is 2. The van der Waals surface area contributed by atoms with Crippen LogP contribution in [0, 0.1) is 6.92 Å². The lowest BCUT2D eigenvalue weighted by Gasteiger charge is -2.02. The van der Waals surface area contributed by atoms with Crippen molar-refractivity contribution in [1.29, 1.82) is 0 Å². The summed E-state index contributed by atoms with van der Waals surface area (Å²) in [6, 6.07) is 0. The minimum atomic E-state index is 0.257. The molecule has 0 atom stereocenters. The van der Waals surface area contributed by atoms with Crippen LogP contribution in [0.15, 0.2) is 0 Å². The number of hydrogen-bond donors (Lipinski definition) is 0. The van der Waals surface area contributed by atoms with Gasteiger partial charge in [0.15, 0.2) is 5.78 Å². The van der Waals surface area contributed by atoms with Crippen LogP contribution in [-0.4, -0.2) is 15.3 Å². The van der Waals surface area contributed by atoms with Gasteiger partial charge in [-0.2, -0.15) is 0 Å². The van der Waals surface area contributed by atoms with Gasteiger partial charge in [0.2, 0.25) is 0 Å². The van der Waals surface area contributed by atoms with Crippen LogP contribution in [0.3, 0.4) is 0 Å². The van der Waals surface area contributed by atoms with E-state index in [0.717, 1.165) is 30.2 Å². The van der Waals surface area contributed by atoms with Gasteiger partial charge in [0.25, 0.3) is 0 Å². The first-order valence-electron chi connectivity index (χ1n) is 4.33. The normalized spacial score (nSPS) is 15.3. The van der Waals surface area contributed by atoms with Crippen LogP contribution in [0.25, 0.3) is 0 Å². The summed E-state index contributed by atoms with van der Waals surface area (Å²) in [5.74, 6) is 1.23. The van der Waals surface area contributed by atoms with Crippen molar-refractivity contribution in [2.45, 2.75) is 33.2 Å². The van der Waals surface area contributed by atoms with E-state index in [2.05, 4.69) is 4.98 Å². The predicted molar refractivity (Wildman–Crippen MR) is 45.3 cm³/mol. The quantitative estimate of drug-likeness (QED) is 0.627. The molecule has 0 amide bonds. The van der Waals surface area contributed by atoms with Crippen molar-refractivity contribution < 1.29 is 4.79 Å². The van der Waals surface area contributed by atoms with Gasteiger partial charge in [-0.1, -0.05) is 0 Å². The smallest absolute Gasteiger partial charge is 0.181 e. The van der Waals surface area contributed by atoms with Crippen LogP contribution in [0.1, 0.15) is 35.4 Å². The number of carbonyl (C=O) groups is 1. The second-order valence-corrected chi connectivity index (χ2v) is 3.12. The number of aryl methyl sites for hydroxylation is 2. The number of rotatable bonds is 1. The fraction of sp³-hybridized carbons (Fsp3) is 0.556. The highest BCUT2D eigenvalue weighted by Crippen LogP contribution is 2.22. The van der Waals surface area contributed by atoms with E-state index in [4.69, 9.17) is 0 Å². The Morgan fingerprint density at radius 2 is 2.25 bits per heavy atom. The molecule has 1 aliphatic rings. The van der Waals surface area contributed by atoms with Gasteiger partial charge in [-0.25, -0.2) is 4.98 Å². The zero-order chi connectivity index (χ0) is 8.72. The number of ketones is 1. The molecule has 3 nitrogen and oxygen atoms in total. The van der Waals surface area contributed by atoms with Crippen molar-refractivity contribution in [2.75, 3.05) is 0 Å². The SMILES string of the molecule is CCn1c(C)nc2c1C(=O)CC2. The summed E-state index contributed by atoms with van der Waals surface area (Å²) in [5, 5.41) is 0. The van der Waals surface area contributed by atoms with Crippen molar-refractivity contribution in [3.05, 3.63) is 17.2 Å². The summed E-state index contributed by atoms with van der Waals surface area (Å²) in [7, 11) is 0. The number of imidazole rings is 1. The van der Waals surface area contributed by atoms with Crippen LogP contribution in [-0.2, 0) is 13.0 Å². The highest BCUT2D eigenvalue weighted by atomic mass is 16.1. The summed E-state index contributed by atoms with van der Waals surface area (Å²) in [5.41, 5.74) is 1.86. The van der Waals surface area contributed by atoms with Crippen molar-refractivity contribution in [3.63, 3.8) is 0 Å². The molecule has 0 saturated heterocycles. The Kier molecular flexibility index (Phi) is 1.53. The minimum absolute atomic E-state index is 0.257. The van der Waals surface area contributed by atoms with Gasteiger partial charge in [0.05, 0.1) is 5.69 Å². The Morgan fingerprint density at radius 1 is 1.50 bits per heavy atom. The van der Waals surface area contributed by atoms with Gasteiger partial charge in [-0.3, -0.25) is 4.79 Å². The first kappa shape index (κ1) is 7.53. The topological polar surface area (TPSA) is 34.9 Å². The molecule has 3 heteroatoms. The van der Waals surface area contributed by atoms with E-state index in [9.17, 15) is 4.79 Å². The van der Waals surface area contributed by atoms with E-state index < -0.39 is 0 Å². The highest BCUT2D eigenvalue weighted by molar-refractivity contribution is 5.98. The first-order chi connectivity index (χ1) is 5.74. The van der Waals surface area contributed by atoms with Gasteiger partial charge < -0.3 is 4.57 Å². The third kappa shape index (κ3) is 0.823. The molecule has 0 aromatic carbocycles. The van der Waals surface area contributed by atoms with Crippen LogP contribution in [0.2, 0.25) is 0 Å². The maximum absolute atomic E-state index is 11.4. The molecule has 1 aliphatic carbocycles. The molecule has 1 heterocycles. The lowest BCUT2D eigenvalue weighted by molar-refractivity contribution is 0.0986. The fourth-order valence-corrected chi connectivity index (χ4v) is 1.85. The maximum Gasteiger partial charge on any atom is 0.181 e. The minimum Gasteiger partial charge on any atom is -0.326 e. The van der Waals surface area contributed by atoms with Gasteiger partial charge in [0.1, 0.15) is 11.5 Å². The number of hydrogen-bond acceptors (Lipinski definition) is 2. The third-order valence-corrected chi connectivity index (χ3v) is 2.40. The number of nitrogens with zero attached hydrogens (tertiary/aromatic N) is 2. The lowest BCUT2D eigenvalue weighted by atomic mass is 10.3. The van der Waals surface area contributed by atoms with Crippen molar-refractivity contribution in [1.82, 2.24) is 9.55 Å². The standard InChI is InChI=1S/C9H12N2O/c1-3-11-6(2)10-7-4-5-8(12)9(7)11/h3-5H2,1-2H3. The molecule has 0 aliphatic heterocycles. The van der Waals surface area contributed by atoms with Crippen molar-refractivity contribution in [3.8, 4) is 0 Å². The van der Waals surface area contributed by atoms with Crippen LogP contribution in [0.5, 0.6) is 0 Å². The molecule has 64 valence electrons. The van der Waals surface area contributed by atoms with E-state index >= 15 is 0 Å². The molecule has 2 rings (SSSR count). The van der Waals surface area contributed by atoms with E-state index in [1.54, 1.807) is 0 Å². The number of fused-ring (bicyclic) bond motifs is 1. The number of carbonyl (C=O) groups excluding carboxylic acids is 1. The number of Topliss-reactive ketones (excluding diaryl/α,β-unsaturated/α-hetero) is 1. The van der Waals surface area contributed by atoms with Crippen molar-refractivity contribution in [2.24, 2.45) is 0 Å². The molecular formula is C9H12N2O. The Balaban J connectivity index is 2.61. The second-order valence-electron chi connectivity index (χ2n) is 3.12. The zero-order valence-corrected chi connectivity index (χ0v) is 7.42. The molecule has 0 bridgehead atoms. The maximum atomic E-state index is 11.4. The summed E-state index contributed by atoms with van der Waals surface area (Å²) in [4.78, 5) is 15.8. The van der Waals surface area contributed by atoms with Crippen LogP contribution in [0.4, 0.5) is 0 Å². The largest absolute Gasteiger partial charge is 0.326 e. The highest BCUT2D eigenvalue weighted by Gasteiger charge is 2.26. The summed E-state index contributed by atoms with van der Waals surface area (Å²) in [6.07, 6.45) is 1.49. The average Bonchev–Trinajstić information content (AvgIpc) is 2.52. The Morgan fingerprint density at radius 3 is 2.92 bits per heavy atom. The van der Waals surface area contributed by atoms with Gasteiger partial charge in [-0.15, -0.1) is 0 Å². The molecule has 1 aromatic heterocycles. The van der Waals surface area contributed by atoms with Gasteiger partial charge in [0, 0.05) is 13.0 Å². The second kappa shape index (κ2) is 2.44. The molecule has 0 spiro atoms. The molecule has 12 heavy (non-hydrogen) atoms. The Bertz CT molecular complexity index is 339. The molecule has 0 radical (unpaired) electrons. The predicted octanol–water partition coefficient (Wildman–Crippen LogP) is 1.34. The molecule has 0 unspecified atom stereocenters. The Hall–Kier alpha value is -1.12. The van der Waals surface area contributed by atoms with Crippen LogP contribution >= 0.6 is 0 Å². The van der Waals surface area contributed by atoms with Gasteiger partial charge in [-0.05, 0) is 20.3 Å². The molecule has 1 aromatic rings. The molecule has 0 saturated carbocycles. The molecular weight excluding hydrogens is 152 g/mol. The lowest BCUT2D eigenvalue weighted by Crippen LogP contribution is -2.06. The summed E-state index contributed by atoms with van der Waals surface area (Å²) < 4.78 is 2.00. The van der Waals surface area contributed by atoms with E-state index in [1.165, 1.54) is 0 Å². The van der Waals surface area contributed by atoms with Crippen LogP contribution < -0.4 is 0 Å².